The first-order valence-corrected chi connectivity index (χ1v) is 6.00. The van der Waals surface area contributed by atoms with E-state index >= 15 is 0 Å². The maximum Gasteiger partial charge on any atom is 0.255 e. The van der Waals surface area contributed by atoms with Crippen LogP contribution in [0.15, 0.2) is 46.9 Å². The normalized spacial score (nSPS) is 10.1. The van der Waals surface area contributed by atoms with E-state index in [1.54, 1.807) is 30.3 Å². The van der Waals surface area contributed by atoms with E-state index in [-0.39, 0.29) is 11.7 Å². The molecule has 2 rings (SSSR count). The number of phenolic OH excluding ortho intramolecular Hbond substituents is 1. The van der Waals surface area contributed by atoms with Gasteiger partial charge in [-0.25, -0.2) is 0 Å². The van der Waals surface area contributed by atoms with Crippen LogP contribution in [0, 0.1) is 0 Å². The molecule has 0 fully saturated rings. The Morgan fingerprint density at radius 2 is 2.00 bits per heavy atom. The minimum absolute atomic E-state index is 0.0987. The average Bonchev–Trinajstić information content (AvgIpc) is 2.27. The van der Waals surface area contributed by atoms with Crippen molar-refractivity contribution in [1.29, 1.82) is 0 Å². The maximum absolute atomic E-state index is 12.0. The van der Waals surface area contributed by atoms with Crippen LogP contribution < -0.4 is 11.1 Å². The molecule has 0 aliphatic rings. The topological polar surface area (TPSA) is 75.4 Å². The number of hydrogen-bond donors (Lipinski definition) is 3. The van der Waals surface area contributed by atoms with Crippen LogP contribution in [-0.2, 0) is 0 Å². The molecular formula is C13H11BrN2O2. The molecule has 4 N–H and O–H groups in total. The van der Waals surface area contributed by atoms with Crippen LogP contribution >= 0.6 is 15.9 Å². The van der Waals surface area contributed by atoms with E-state index in [0.717, 1.165) is 4.47 Å². The van der Waals surface area contributed by atoms with Gasteiger partial charge >= 0.3 is 0 Å². The molecule has 18 heavy (non-hydrogen) atoms. The molecule has 0 bridgehead atoms. The van der Waals surface area contributed by atoms with Crippen molar-refractivity contribution < 1.29 is 9.90 Å². The molecule has 0 unspecified atom stereocenters. The molecule has 0 atom stereocenters. The van der Waals surface area contributed by atoms with Gasteiger partial charge in [0.05, 0.1) is 0 Å². The molecule has 0 aliphatic carbocycles. The second kappa shape index (κ2) is 5.10. The highest BCUT2D eigenvalue weighted by atomic mass is 79.9. The fraction of sp³-hybridized carbons (Fsp3) is 0. The first-order chi connectivity index (χ1) is 8.54. The smallest absolute Gasteiger partial charge is 0.255 e. The number of phenols is 1. The first kappa shape index (κ1) is 12.4. The monoisotopic (exact) mass is 306 g/mol. The summed E-state index contributed by atoms with van der Waals surface area (Å²) in [6, 6.07) is 11.3. The van der Waals surface area contributed by atoms with Crippen LogP contribution in [0.5, 0.6) is 5.75 Å². The minimum atomic E-state index is -0.284. The van der Waals surface area contributed by atoms with Crippen molar-refractivity contribution in [2.45, 2.75) is 0 Å². The van der Waals surface area contributed by atoms with Crippen molar-refractivity contribution in [2.75, 3.05) is 11.1 Å². The number of benzene rings is 2. The summed E-state index contributed by atoms with van der Waals surface area (Å²) in [4.78, 5) is 12.0. The van der Waals surface area contributed by atoms with Gasteiger partial charge in [0, 0.05) is 27.5 Å². The summed E-state index contributed by atoms with van der Waals surface area (Å²) in [6.45, 7) is 0. The lowest BCUT2D eigenvalue weighted by Crippen LogP contribution is -2.12. The van der Waals surface area contributed by atoms with Crippen molar-refractivity contribution in [3.8, 4) is 5.75 Å². The third kappa shape index (κ3) is 3.01. The summed E-state index contributed by atoms with van der Waals surface area (Å²) >= 11 is 3.28. The van der Waals surface area contributed by atoms with E-state index in [1.807, 2.05) is 0 Å². The third-order valence-electron chi connectivity index (χ3n) is 2.29. The van der Waals surface area contributed by atoms with Gasteiger partial charge in [0.25, 0.3) is 5.91 Å². The lowest BCUT2D eigenvalue weighted by Gasteiger charge is -2.07. The van der Waals surface area contributed by atoms with E-state index in [2.05, 4.69) is 21.2 Å². The Morgan fingerprint density at radius 1 is 1.22 bits per heavy atom. The lowest BCUT2D eigenvalue weighted by molar-refractivity contribution is 0.102. The number of nitrogens with one attached hydrogen (secondary N) is 1. The van der Waals surface area contributed by atoms with Crippen LogP contribution in [0.1, 0.15) is 10.4 Å². The number of anilines is 2. The number of carbonyl (C=O) groups is 1. The van der Waals surface area contributed by atoms with Gasteiger partial charge in [-0.1, -0.05) is 22.0 Å². The van der Waals surface area contributed by atoms with Crippen LogP contribution in [0.3, 0.4) is 0 Å². The van der Waals surface area contributed by atoms with E-state index in [1.165, 1.54) is 12.1 Å². The zero-order valence-corrected chi connectivity index (χ0v) is 10.9. The van der Waals surface area contributed by atoms with Gasteiger partial charge in [0.15, 0.2) is 0 Å². The quantitative estimate of drug-likeness (QED) is 0.747. The summed E-state index contributed by atoms with van der Waals surface area (Å²) < 4.78 is 0.739. The Kier molecular flexibility index (Phi) is 3.53. The molecule has 1 amide bonds. The highest BCUT2D eigenvalue weighted by molar-refractivity contribution is 9.10. The minimum Gasteiger partial charge on any atom is -0.508 e. The molecule has 92 valence electrons. The first-order valence-electron chi connectivity index (χ1n) is 5.21. The van der Waals surface area contributed by atoms with E-state index in [9.17, 15) is 9.90 Å². The van der Waals surface area contributed by atoms with Crippen molar-refractivity contribution in [1.82, 2.24) is 0 Å². The number of amides is 1. The van der Waals surface area contributed by atoms with Gasteiger partial charge in [-0.2, -0.15) is 0 Å². The van der Waals surface area contributed by atoms with Crippen LogP contribution in [0.4, 0.5) is 11.4 Å². The predicted octanol–water partition coefficient (Wildman–Crippen LogP) is 2.99. The van der Waals surface area contributed by atoms with E-state index in [4.69, 9.17) is 5.73 Å². The van der Waals surface area contributed by atoms with Crippen LogP contribution in [-0.4, -0.2) is 11.0 Å². The average molecular weight is 307 g/mol. The second-order valence-electron chi connectivity index (χ2n) is 3.78. The molecule has 4 nitrogen and oxygen atoms in total. The molecule has 0 spiro atoms. The molecule has 0 saturated heterocycles. The van der Waals surface area contributed by atoms with Gasteiger partial charge in [-0.3, -0.25) is 4.79 Å². The van der Waals surface area contributed by atoms with E-state index in [0.29, 0.717) is 16.9 Å². The molecule has 0 radical (unpaired) electrons. The van der Waals surface area contributed by atoms with Gasteiger partial charge < -0.3 is 16.2 Å². The highest BCUT2D eigenvalue weighted by Crippen LogP contribution is 2.20. The summed E-state index contributed by atoms with van der Waals surface area (Å²) in [5.41, 5.74) is 7.15. The standard InChI is InChI=1S/C13H11BrN2O2/c14-9-4-8(5-10(15)6-9)13(18)16-11-2-1-3-12(17)7-11/h1-7,17H,15H2,(H,16,18). The van der Waals surface area contributed by atoms with Gasteiger partial charge in [-0.15, -0.1) is 0 Å². The fourth-order valence-corrected chi connectivity index (χ4v) is 2.04. The zero-order valence-electron chi connectivity index (χ0n) is 9.35. The Morgan fingerprint density at radius 3 is 2.67 bits per heavy atom. The largest absolute Gasteiger partial charge is 0.508 e. The summed E-state index contributed by atoms with van der Waals surface area (Å²) in [5, 5.41) is 12.0. The molecule has 0 heterocycles. The van der Waals surface area contributed by atoms with Crippen molar-refractivity contribution in [3.05, 3.63) is 52.5 Å². The highest BCUT2D eigenvalue weighted by Gasteiger charge is 2.08. The predicted molar refractivity (Wildman–Crippen MR) is 74.6 cm³/mol. The number of hydrogen-bond acceptors (Lipinski definition) is 3. The van der Waals surface area contributed by atoms with Gasteiger partial charge in [-0.05, 0) is 30.3 Å². The van der Waals surface area contributed by atoms with Gasteiger partial charge in [0.1, 0.15) is 5.75 Å². The molecule has 0 saturated carbocycles. The molecule has 0 aliphatic heterocycles. The van der Waals surface area contributed by atoms with Crippen molar-refractivity contribution in [2.24, 2.45) is 0 Å². The number of nitrogen functional groups attached to an aromatic ring is 1. The van der Waals surface area contributed by atoms with Crippen molar-refractivity contribution in [3.63, 3.8) is 0 Å². The zero-order chi connectivity index (χ0) is 13.1. The Balaban J connectivity index is 2.22. The summed E-state index contributed by atoms with van der Waals surface area (Å²) in [6.07, 6.45) is 0. The maximum atomic E-state index is 12.0. The molecule has 5 heteroatoms. The molecule has 2 aromatic rings. The Labute approximate surface area is 113 Å². The number of aromatic hydroxyl groups is 1. The summed E-state index contributed by atoms with van der Waals surface area (Å²) in [5.74, 6) is -0.185. The number of nitrogens with two attached hydrogens (primary N) is 1. The summed E-state index contributed by atoms with van der Waals surface area (Å²) in [7, 11) is 0. The van der Waals surface area contributed by atoms with Gasteiger partial charge in [0.2, 0.25) is 0 Å². The third-order valence-corrected chi connectivity index (χ3v) is 2.74. The second-order valence-corrected chi connectivity index (χ2v) is 4.69. The van der Waals surface area contributed by atoms with Crippen LogP contribution in [0.25, 0.3) is 0 Å². The number of rotatable bonds is 2. The number of halogens is 1. The SMILES string of the molecule is Nc1cc(Br)cc(C(=O)Nc2cccc(O)c2)c1. The molecular weight excluding hydrogens is 296 g/mol. The Bertz CT molecular complexity index is 579. The van der Waals surface area contributed by atoms with Crippen LogP contribution in [0.2, 0.25) is 0 Å². The van der Waals surface area contributed by atoms with Crippen molar-refractivity contribution >= 4 is 33.2 Å². The fourth-order valence-electron chi connectivity index (χ4n) is 1.53. The van der Waals surface area contributed by atoms with E-state index < -0.39 is 0 Å². The Hall–Kier alpha value is -2.01. The molecule has 0 aromatic heterocycles. The number of carbonyl (C=O) groups excluding carboxylic acids is 1. The lowest BCUT2D eigenvalue weighted by atomic mass is 10.2. The molecule has 2 aromatic carbocycles.